The first kappa shape index (κ1) is 18.7. The van der Waals surface area contributed by atoms with Crippen LogP contribution in [-0.4, -0.2) is 26.2 Å². The monoisotopic (exact) mass is 392 g/mol. The molecule has 2 aliphatic heterocycles. The molecule has 150 valence electrons. The van der Waals surface area contributed by atoms with E-state index in [1.54, 1.807) is 0 Å². The molecule has 5 rings (SSSR count). The fourth-order valence-corrected chi connectivity index (χ4v) is 4.76. The third-order valence-electron chi connectivity index (χ3n) is 6.64. The number of hydrogen-bond acceptors (Lipinski definition) is 2. The summed E-state index contributed by atoms with van der Waals surface area (Å²) in [5.74, 6) is 0. The zero-order valence-electron chi connectivity index (χ0n) is 18.1. The van der Waals surface area contributed by atoms with Crippen molar-refractivity contribution >= 4 is 22.5 Å². The molecule has 2 heteroatoms. The van der Waals surface area contributed by atoms with E-state index in [1.165, 1.54) is 44.8 Å². The van der Waals surface area contributed by atoms with Crippen LogP contribution in [0.1, 0.15) is 36.1 Å². The third-order valence-corrected chi connectivity index (χ3v) is 6.64. The normalized spacial score (nSPS) is 20.3. The van der Waals surface area contributed by atoms with Crippen molar-refractivity contribution in [2.24, 2.45) is 0 Å². The molecule has 2 heterocycles. The summed E-state index contributed by atoms with van der Waals surface area (Å²) < 4.78 is 0. The lowest BCUT2D eigenvalue weighted by molar-refractivity contribution is 0.783. The highest BCUT2D eigenvalue weighted by Gasteiger charge is 2.32. The molecule has 0 radical (unpaired) electrons. The van der Waals surface area contributed by atoms with Crippen molar-refractivity contribution in [1.82, 2.24) is 0 Å². The maximum atomic E-state index is 2.43. The first-order valence-corrected chi connectivity index (χ1v) is 10.7. The summed E-state index contributed by atoms with van der Waals surface area (Å²) >= 11 is 0. The lowest BCUT2D eigenvalue weighted by Gasteiger charge is -2.41. The molecule has 2 aliphatic rings. The molecule has 0 N–H and O–H groups in total. The third kappa shape index (κ3) is 2.87. The number of hydrogen-bond donors (Lipinski definition) is 0. The van der Waals surface area contributed by atoms with Gasteiger partial charge in [0.25, 0.3) is 0 Å². The zero-order chi connectivity index (χ0) is 20.8. The Morgan fingerprint density at radius 3 is 1.27 bits per heavy atom. The highest BCUT2D eigenvalue weighted by molar-refractivity contribution is 6.01. The van der Waals surface area contributed by atoms with Crippen molar-refractivity contribution < 1.29 is 0 Å². The quantitative estimate of drug-likeness (QED) is 0.510. The van der Waals surface area contributed by atoms with E-state index in [9.17, 15) is 0 Å². The average Bonchev–Trinajstić information content (AvgIpc) is 2.79. The predicted octanol–water partition coefficient (Wildman–Crippen LogP) is 6.23. The standard InChI is InChI=1S/C28H28N2/c1-19-17-25(21-11-7-5-8-12-21)23-15-16-24-26(22-13-9-6-10-14-22)18-20(2)30(4)28(24)27(23)29(19)3/h5-20H,1-4H3. The van der Waals surface area contributed by atoms with Crippen LogP contribution in [0.4, 0.5) is 11.4 Å². The smallest absolute Gasteiger partial charge is 0.0692 e. The maximum absolute atomic E-state index is 2.43. The molecular formula is C28H28N2. The summed E-state index contributed by atoms with van der Waals surface area (Å²) in [5.41, 5.74) is 10.5. The van der Waals surface area contributed by atoms with Gasteiger partial charge in [0.1, 0.15) is 0 Å². The van der Waals surface area contributed by atoms with Gasteiger partial charge in [-0.05, 0) is 36.1 Å². The van der Waals surface area contributed by atoms with E-state index in [4.69, 9.17) is 0 Å². The Labute approximate surface area is 179 Å². The maximum Gasteiger partial charge on any atom is 0.0692 e. The Bertz CT molecular complexity index is 1050. The van der Waals surface area contributed by atoms with Crippen molar-refractivity contribution in [2.45, 2.75) is 25.9 Å². The first-order chi connectivity index (χ1) is 14.6. The largest absolute Gasteiger partial charge is 0.366 e. The number of rotatable bonds is 2. The molecule has 2 atom stereocenters. The van der Waals surface area contributed by atoms with Crippen molar-refractivity contribution in [1.29, 1.82) is 0 Å². The van der Waals surface area contributed by atoms with Gasteiger partial charge in [0, 0.05) is 37.3 Å². The molecule has 0 bridgehead atoms. The van der Waals surface area contributed by atoms with Crippen molar-refractivity contribution in [2.75, 3.05) is 23.9 Å². The minimum absolute atomic E-state index is 0.328. The van der Waals surface area contributed by atoms with Gasteiger partial charge >= 0.3 is 0 Å². The fourth-order valence-electron chi connectivity index (χ4n) is 4.76. The Morgan fingerprint density at radius 2 is 0.900 bits per heavy atom. The Kier molecular flexibility index (Phi) is 4.51. The van der Waals surface area contributed by atoms with Gasteiger partial charge < -0.3 is 9.80 Å². The molecule has 0 saturated carbocycles. The summed E-state index contributed by atoms with van der Waals surface area (Å²) in [4.78, 5) is 4.86. The van der Waals surface area contributed by atoms with Gasteiger partial charge in [0.15, 0.2) is 0 Å². The van der Waals surface area contributed by atoms with Gasteiger partial charge in [-0.25, -0.2) is 0 Å². The van der Waals surface area contributed by atoms with E-state index in [1.807, 2.05) is 0 Å². The molecule has 3 aromatic carbocycles. The molecule has 2 unspecified atom stereocenters. The van der Waals surface area contributed by atoms with Gasteiger partial charge in [-0.2, -0.15) is 0 Å². The highest BCUT2D eigenvalue weighted by Crippen LogP contribution is 2.49. The van der Waals surface area contributed by atoms with Crippen LogP contribution >= 0.6 is 0 Å². The van der Waals surface area contributed by atoms with Gasteiger partial charge in [-0.3, -0.25) is 0 Å². The van der Waals surface area contributed by atoms with Crippen LogP contribution in [0.15, 0.2) is 84.9 Å². The molecule has 0 aliphatic carbocycles. The van der Waals surface area contributed by atoms with Gasteiger partial charge in [0.05, 0.1) is 11.4 Å². The lowest BCUT2D eigenvalue weighted by atomic mass is 9.84. The number of likely N-dealkylation sites (N-methyl/N-ethyl adjacent to an activating group) is 2. The predicted molar refractivity (Wildman–Crippen MR) is 129 cm³/mol. The van der Waals surface area contributed by atoms with Crippen molar-refractivity contribution in [3.8, 4) is 0 Å². The Balaban J connectivity index is 1.76. The molecule has 2 nitrogen and oxygen atoms in total. The van der Waals surface area contributed by atoms with Crippen LogP contribution in [0.5, 0.6) is 0 Å². The summed E-state index contributed by atoms with van der Waals surface area (Å²) in [6.07, 6.45) is 4.79. The molecular weight excluding hydrogens is 364 g/mol. The second-order valence-corrected chi connectivity index (χ2v) is 8.45. The topological polar surface area (TPSA) is 6.48 Å². The molecule has 3 aromatic rings. The molecule has 0 aromatic heterocycles. The summed E-state index contributed by atoms with van der Waals surface area (Å²) in [6, 6.07) is 26.8. The second-order valence-electron chi connectivity index (χ2n) is 8.45. The van der Waals surface area contributed by atoms with E-state index in [0.29, 0.717) is 12.1 Å². The summed E-state index contributed by atoms with van der Waals surface area (Å²) in [5, 5.41) is 0. The molecule has 30 heavy (non-hydrogen) atoms. The van der Waals surface area contributed by atoms with Crippen LogP contribution in [0.2, 0.25) is 0 Å². The number of nitrogens with zero attached hydrogens (tertiary/aromatic N) is 2. The summed E-state index contributed by atoms with van der Waals surface area (Å²) in [6.45, 7) is 4.57. The minimum Gasteiger partial charge on any atom is -0.366 e. The van der Waals surface area contributed by atoms with Gasteiger partial charge in [0.2, 0.25) is 0 Å². The van der Waals surface area contributed by atoms with E-state index < -0.39 is 0 Å². The van der Waals surface area contributed by atoms with E-state index in [-0.39, 0.29) is 0 Å². The van der Waals surface area contributed by atoms with E-state index in [2.05, 4.69) is 123 Å². The molecule has 0 saturated heterocycles. The van der Waals surface area contributed by atoms with Gasteiger partial charge in [-0.1, -0.05) is 84.9 Å². The van der Waals surface area contributed by atoms with Crippen LogP contribution in [-0.2, 0) is 0 Å². The first-order valence-electron chi connectivity index (χ1n) is 10.7. The Morgan fingerprint density at radius 1 is 0.533 bits per heavy atom. The van der Waals surface area contributed by atoms with E-state index >= 15 is 0 Å². The van der Waals surface area contributed by atoms with E-state index in [0.717, 1.165) is 0 Å². The van der Waals surface area contributed by atoms with Crippen molar-refractivity contribution in [3.63, 3.8) is 0 Å². The SMILES string of the molecule is CC1C=C(c2ccccc2)c2ccc3c(c2N1C)N(C)C(C)C=C3c1ccccc1. The van der Waals surface area contributed by atoms with Crippen LogP contribution in [0, 0.1) is 0 Å². The molecule has 0 fully saturated rings. The van der Waals surface area contributed by atoms with Crippen LogP contribution in [0.25, 0.3) is 11.1 Å². The average molecular weight is 393 g/mol. The minimum atomic E-state index is 0.328. The Hall–Kier alpha value is -3.26. The molecule has 0 amide bonds. The number of fused-ring (bicyclic) bond motifs is 3. The van der Waals surface area contributed by atoms with Crippen LogP contribution in [0.3, 0.4) is 0 Å². The fraction of sp³-hybridized carbons (Fsp3) is 0.214. The number of benzene rings is 3. The zero-order valence-corrected chi connectivity index (χ0v) is 18.1. The lowest BCUT2D eigenvalue weighted by Crippen LogP contribution is -2.37. The van der Waals surface area contributed by atoms with Crippen LogP contribution < -0.4 is 9.80 Å². The number of anilines is 2. The molecule has 0 spiro atoms. The van der Waals surface area contributed by atoms with Gasteiger partial charge in [-0.15, -0.1) is 0 Å². The summed E-state index contributed by atoms with van der Waals surface area (Å²) in [7, 11) is 4.45. The van der Waals surface area contributed by atoms with Crippen molar-refractivity contribution in [3.05, 3.63) is 107 Å². The second kappa shape index (κ2) is 7.21. The highest BCUT2D eigenvalue weighted by atomic mass is 15.2.